The van der Waals surface area contributed by atoms with E-state index in [0.29, 0.717) is 12.2 Å². The molecule has 1 aliphatic rings. The first-order valence-electron chi connectivity index (χ1n) is 6.08. The number of rotatable bonds is 5. The Morgan fingerprint density at radius 2 is 2.00 bits per heavy atom. The zero-order valence-electron chi connectivity index (χ0n) is 10.8. The summed E-state index contributed by atoms with van der Waals surface area (Å²) >= 11 is 0. The molecule has 0 aliphatic carbocycles. The molecule has 1 N–H and O–H groups in total. The van der Waals surface area contributed by atoms with Gasteiger partial charge in [0, 0.05) is 5.56 Å². The maximum Gasteiger partial charge on any atom is 0.194 e. The fourth-order valence-corrected chi connectivity index (χ4v) is 1.90. The van der Waals surface area contributed by atoms with Crippen LogP contribution in [0.4, 0.5) is 0 Å². The van der Waals surface area contributed by atoms with Crippen LogP contribution in [0.3, 0.4) is 0 Å². The molecule has 0 saturated carbocycles. The molecule has 1 fully saturated rings. The normalized spacial score (nSPS) is 22.7. The van der Waals surface area contributed by atoms with Crippen molar-refractivity contribution < 1.29 is 19.4 Å². The summed E-state index contributed by atoms with van der Waals surface area (Å²) in [6.07, 6.45) is -0.931. The second-order valence-corrected chi connectivity index (χ2v) is 4.95. The number of Topliss-reactive ketones (excluding diaryl/α,β-unsaturated/α-hetero) is 1. The van der Waals surface area contributed by atoms with Crippen LogP contribution in [0, 0.1) is 0 Å². The van der Waals surface area contributed by atoms with E-state index in [9.17, 15) is 9.90 Å². The lowest BCUT2D eigenvalue weighted by molar-refractivity contribution is 0.0482. The quantitative estimate of drug-likeness (QED) is 0.639. The van der Waals surface area contributed by atoms with Crippen molar-refractivity contribution in [3.05, 3.63) is 29.8 Å². The number of ketones is 1. The Balaban J connectivity index is 2.03. The third-order valence-corrected chi connectivity index (χ3v) is 2.90. The lowest BCUT2D eigenvalue weighted by Gasteiger charge is -2.12. The fourth-order valence-electron chi connectivity index (χ4n) is 1.90. The van der Waals surface area contributed by atoms with E-state index in [4.69, 9.17) is 9.47 Å². The van der Waals surface area contributed by atoms with E-state index in [1.807, 2.05) is 6.92 Å². The van der Waals surface area contributed by atoms with Gasteiger partial charge in [0.25, 0.3) is 0 Å². The SMILES string of the molecule is CCOc1ccc(C(=O)C2OC2C(C)(C)O)cc1. The van der Waals surface area contributed by atoms with Crippen LogP contribution in [-0.4, -0.2) is 35.3 Å². The maximum atomic E-state index is 12.1. The van der Waals surface area contributed by atoms with Gasteiger partial charge in [-0.2, -0.15) is 0 Å². The lowest BCUT2D eigenvalue weighted by atomic mass is 9.98. The van der Waals surface area contributed by atoms with Gasteiger partial charge >= 0.3 is 0 Å². The molecule has 1 aromatic rings. The average Bonchev–Trinajstić information content (AvgIpc) is 3.09. The number of benzene rings is 1. The van der Waals surface area contributed by atoms with E-state index in [0.717, 1.165) is 5.75 Å². The molecule has 0 aromatic heterocycles. The average molecular weight is 250 g/mol. The predicted molar refractivity (Wildman–Crippen MR) is 66.9 cm³/mol. The Labute approximate surface area is 107 Å². The molecule has 2 atom stereocenters. The van der Waals surface area contributed by atoms with Gasteiger partial charge in [0.15, 0.2) is 5.78 Å². The van der Waals surface area contributed by atoms with Gasteiger partial charge in [-0.15, -0.1) is 0 Å². The van der Waals surface area contributed by atoms with Crippen LogP contribution in [-0.2, 0) is 4.74 Å². The number of epoxide rings is 1. The number of carbonyl (C=O) groups is 1. The van der Waals surface area contributed by atoms with Crippen LogP contribution in [0.1, 0.15) is 31.1 Å². The van der Waals surface area contributed by atoms with Gasteiger partial charge in [-0.05, 0) is 45.0 Å². The molecule has 18 heavy (non-hydrogen) atoms. The van der Waals surface area contributed by atoms with E-state index < -0.39 is 17.8 Å². The minimum absolute atomic E-state index is 0.0924. The minimum Gasteiger partial charge on any atom is -0.494 e. The molecule has 1 saturated heterocycles. The molecule has 2 unspecified atom stereocenters. The number of carbonyl (C=O) groups excluding carboxylic acids is 1. The summed E-state index contributed by atoms with van der Waals surface area (Å²) in [5.74, 6) is 0.648. The Bertz CT molecular complexity index is 430. The Morgan fingerprint density at radius 3 is 2.44 bits per heavy atom. The number of hydrogen-bond acceptors (Lipinski definition) is 4. The first-order valence-corrected chi connectivity index (χ1v) is 6.08. The van der Waals surface area contributed by atoms with E-state index in [1.54, 1.807) is 38.1 Å². The minimum atomic E-state index is -0.981. The van der Waals surface area contributed by atoms with Crippen molar-refractivity contribution in [1.29, 1.82) is 0 Å². The van der Waals surface area contributed by atoms with E-state index in [2.05, 4.69) is 0 Å². The Morgan fingerprint density at radius 1 is 1.39 bits per heavy atom. The number of aliphatic hydroxyl groups is 1. The highest BCUT2D eigenvalue weighted by atomic mass is 16.6. The first-order chi connectivity index (χ1) is 8.43. The molecule has 1 aromatic carbocycles. The monoisotopic (exact) mass is 250 g/mol. The molecule has 1 aliphatic heterocycles. The summed E-state index contributed by atoms with van der Waals surface area (Å²) in [4.78, 5) is 12.1. The molecular weight excluding hydrogens is 232 g/mol. The summed E-state index contributed by atoms with van der Waals surface area (Å²) in [5, 5.41) is 9.74. The fraction of sp³-hybridized carbons (Fsp3) is 0.500. The van der Waals surface area contributed by atoms with Gasteiger partial charge in [0.1, 0.15) is 18.0 Å². The molecule has 0 radical (unpaired) electrons. The van der Waals surface area contributed by atoms with Gasteiger partial charge in [-0.3, -0.25) is 4.79 Å². The van der Waals surface area contributed by atoms with Gasteiger partial charge < -0.3 is 14.6 Å². The zero-order valence-corrected chi connectivity index (χ0v) is 10.8. The molecule has 0 amide bonds. The van der Waals surface area contributed by atoms with Crippen molar-refractivity contribution in [1.82, 2.24) is 0 Å². The summed E-state index contributed by atoms with van der Waals surface area (Å²) in [7, 11) is 0. The molecule has 0 bridgehead atoms. The van der Waals surface area contributed by atoms with Crippen molar-refractivity contribution in [2.45, 2.75) is 38.6 Å². The largest absolute Gasteiger partial charge is 0.494 e. The van der Waals surface area contributed by atoms with Crippen molar-refractivity contribution in [2.24, 2.45) is 0 Å². The van der Waals surface area contributed by atoms with Crippen molar-refractivity contribution in [3.63, 3.8) is 0 Å². The topological polar surface area (TPSA) is 59.1 Å². The van der Waals surface area contributed by atoms with Crippen LogP contribution in [0.25, 0.3) is 0 Å². The smallest absolute Gasteiger partial charge is 0.194 e. The highest BCUT2D eigenvalue weighted by molar-refractivity contribution is 6.01. The molecule has 1 heterocycles. The van der Waals surface area contributed by atoms with E-state index in [-0.39, 0.29) is 5.78 Å². The lowest BCUT2D eigenvalue weighted by Crippen LogP contribution is -2.30. The van der Waals surface area contributed by atoms with Crippen LogP contribution in [0.2, 0.25) is 0 Å². The summed E-state index contributed by atoms with van der Waals surface area (Å²) in [6, 6.07) is 6.96. The standard InChI is InChI=1S/C14H18O4/c1-4-17-10-7-5-9(6-8-10)11(15)12-13(18-12)14(2,3)16/h5-8,12-13,16H,4H2,1-3H3. The van der Waals surface area contributed by atoms with E-state index >= 15 is 0 Å². The van der Waals surface area contributed by atoms with Crippen LogP contribution < -0.4 is 4.74 Å². The second-order valence-electron chi connectivity index (χ2n) is 4.95. The van der Waals surface area contributed by atoms with Crippen molar-refractivity contribution in [3.8, 4) is 5.75 Å². The highest BCUT2D eigenvalue weighted by Crippen LogP contribution is 2.34. The zero-order chi connectivity index (χ0) is 13.3. The third kappa shape index (κ3) is 2.71. The maximum absolute atomic E-state index is 12.1. The summed E-state index contributed by atoms with van der Waals surface area (Å²) < 4.78 is 10.6. The Kier molecular flexibility index (Phi) is 3.41. The van der Waals surface area contributed by atoms with Crippen molar-refractivity contribution >= 4 is 5.78 Å². The Hall–Kier alpha value is -1.39. The molecular formula is C14H18O4. The second kappa shape index (κ2) is 4.71. The third-order valence-electron chi connectivity index (χ3n) is 2.90. The van der Waals surface area contributed by atoms with E-state index in [1.165, 1.54) is 0 Å². The molecule has 4 nitrogen and oxygen atoms in total. The van der Waals surface area contributed by atoms with Gasteiger partial charge in [-0.25, -0.2) is 0 Å². The first kappa shape index (κ1) is 13.1. The molecule has 2 rings (SSSR count). The van der Waals surface area contributed by atoms with Crippen molar-refractivity contribution in [2.75, 3.05) is 6.61 Å². The molecule has 98 valence electrons. The molecule has 0 spiro atoms. The van der Waals surface area contributed by atoms with Crippen LogP contribution in [0.5, 0.6) is 5.75 Å². The number of hydrogen-bond donors (Lipinski definition) is 1. The number of ether oxygens (including phenoxy) is 2. The van der Waals surface area contributed by atoms with Crippen LogP contribution in [0.15, 0.2) is 24.3 Å². The summed E-state index contributed by atoms with van der Waals surface area (Å²) in [5.41, 5.74) is -0.402. The highest BCUT2D eigenvalue weighted by Gasteiger charge is 2.53. The molecule has 4 heteroatoms. The summed E-state index contributed by atoms with van der Waals surface area (Å²) in [6.45, 7) is 5.79. The van der Waals surface area contributed by atoms with Crippen LogP contribution >= 0.6 is 0 Å². The predicted octanol–water partition coefficient (Wildman–Crippen LogP) is 1.81. The van der Waals surface area contributed by atoms with Gasteiger partial charge in [0.05, 0.1) is 12.2 Å². The van der Waals surface area contributed by atoms with Gasteiger partial charge in [-0.1, -0.05) is 0 Å². The van der Waals surface area contributed by atoms with Gasteiger partial charge in [0.2, 0.25) is 0 Å².